The first kappa shape index (κ1) is 10.2. The Kier molecular flexibility index (Phi) is 2.26. The molecule has 0 bridgehead atoms. The van der Waals surface area contributed by atoms with Gasteiger partial charge < -0.3 is 4.42 Å². The third kappa shape index (κ3) is 1.85. The van der Waals surface area contributed by atoms with Crippen LogP contribution < -0.4 is 5.32 Å². The maximum Gasteiger partial charge on any atom is 0.290 e. The van der Waals surface area contributed by atoms with Gasteiger partial charge in [0.1, 0.15) is 5.58 Å². The third-order valence-electron chi connectivity index (χ3n) is 2.42. The van der Waals surface area contributed by atoms with Crippen LogP contribution in [0, 0.1) is 0 Å². The van der Waals surface area contributed by atoms with Crippen LogP contribution in [-0.2, 0) is 4.79 Å². The molecule has 2 aromatic rings. The molecule has 1 aromatic heterocycles. The summed E-state index contributed by atoms with van der Waals surface area (Å²) in [5.41, 5.74) is 1.66. The molecular formula is C12H7NO3S. The maximum atomic E-state index is 11.4. The lowest BCUT2D eigenvalue weighted by Crippen LogP contribution is -2.17. The second kappa shape index (κ2) is 3.78. The number of carbonyl (C=O) groups is 2. The van der Waals surface area contributed by atoms with E-state index >= 15 is 0 Å². The number of amides is 2. The third-order valence-corrected chi connectivity index (χ3v) is 3.23. The van der Waals surface area contributed by atoms with Crippen molar-refractivity contribution in [3.05, 3.63) is 41.0 Å². The molecule has 0 unspecified atom stereocenters. The highest BCUT2D eigenvalue weighted by atomic mass is 32.2. The number of imide groups is 1. The minimum Gasteiger partial charge on any atom is -0.464 e. The molecule has 2 heterocycles. The SMILES string of the molecule is O=C1NC(=O)/C(=C/c2ccc3occc3c2)S1. The molecule has 3 rings (SSSR count). The zero-order valence-electron chi connectivity index (χ0n) is 8.60. The van der Waals surface area contributed by atoms with Gasteiger partial charge in [-0.3, -0.25) is 14.9 Å². The summed E-state index contributed by atoms with van der Waals surface area (Å²) in [6.07, 6.45) is 3.31. The summed E-state index contributed by atoms with van der Waals surface area (Å²) in [5.74, 6) is -0.340. The van der Waals surface area contributed by atoms with Gasteiger partial charge in [0.15, 0.2) is 0 Å². The lowest BCUT2D eigenvalue weighted by atomic mass is 10.1. The van der Waals surface area contributed by atoms with E-state index < -0.39 is 0 Å². The Morgan fingerprint density at radius 3 is 2.88 bits per heavy atom. The Hall–Kier alpha value is -2.01. The van der Waals surface area contributed by atoms with Crippen LogP contribution in [0.4, 0.5) is 4.79 Å². The van der Waals surface area contributed by atoms with Gasteiger partial charge in [-0.15, -0.1) is 0 Å². The van der Waals surface area contributed by atoms with Gasteiger partial charge in [0.05, 0.1) is 11.2 Å². The topological polar surface area (TPSA) is 59.3 Å². The smallest absolute Gasteiger partial charge is 0.290 e. The fourth-order valence-corrected chi connectivity index (χ4v) is 2.33. The van der Waals surface area contributed by atoms with Gasteiger partial charge in [0, 0.05) is 5.39 Å². The summed E-state index contributed by atoms with van der Waals surface area (Å²) in [4.78, 5) is 22.8. The zero-order chi connectivity index (χ0) is 11.8. The van der Waals surface area contributed by atoms with Crippen molar-refractivity contribution < 1.29 is 14.0 Å². The summed E-state index contributed by atoms with van der Waals surface area (Å²) < 4.78 is 5.22. The van der Waals surface area contributed by atoms with Gasteiger partial charge in [-0.2, -0.15) is 0 Å². The Bertz CT molecular complexity index is 657. The molecule has 0 saturated carbocycles. The van der Waals surface area contributed by atoms with Gasteiger partial charge in [0.2, 0.25) is 0 Å². The molecule has 1 fully saturated rings. The van der Waals surface area contributed by atoms with E-state index in [2.05, 4.69) is 5.32 Å². The average Bonchev–Trinajstić information content (AvgIpc) is 2.85. The van der Waals surface area contributed by atoms with Crippen LogP contribution in [0.1, 0.15) is 5.56 Å². The maximum absolute atomic E-state index is 11.4. The lowest BCUT2D eigenvalue weighted by molar-refractivity contribution is -0.115. The van der Waals surface area contributed by atoms with Crippen molar-refractivity contribution in [3.63, 3.8) is 0 Å². The number of thioether (sulfide) groups is 1. The predicted molar refractivity (Wildman–Crippen MR) is 65.3 cm³/mol. The lowest BCUT2D eigenvalue weighted by Gasteiger charge is -1.95. The van der Waals surface area contributed by atoms with Crippen molar-refractivity contribution in [1.82, 2.24) is 5.32 Å². The number of hydrogen-bond acceptors (Lipinski definition) is 4. The molecule has 1 N–H and O–H groups in total. The van der Waals surface area contributed by atoms with Crippen LogP contribution in [0.5, 0.6) is 0 Å². The van der Waals surface area contributed by atoms with Crippen LogP contribution in [0.15, 0.2) is 39.9 Å². The fourth-order valence-electron chi connectivity index (χ4n) is 1.65. The number of fused-ring (bicyclic) bond motifs is 1. The van der Waals surface area contributed by atoms with Crippen molar-refractivity contribution in [2.24, 2.45) is 0 Å². The number of carbonyl (C=O) groups excluding carboxylic acids is 2. The Balaban J connectivity index is 2.01. The quantitative estimate of drug-likeness (QED) is 0.785. The van der Waals surface area contributed by atoms with Gasteiger partial charge in [-0.1, -0.05) is 6.07 Å². The molecule has 84 valence electrons. The molecule has 0 spiro atoms. The first-order valence-electron chi connectivity index (χ1n) is 4.94. The van der Waals surface area contributed by atoms with E-state index in [1.807, 2.05) is 24.3 Å². The van der Waals surface area contributed by atoms with E-state index in [0.717, 1.165) is 28.3 Å². The highest BCUT2D eigenvalue weighted by Crippen LogP contribution is 2.26. The number of hydrogen-bond donors (Lipinski definition) is 1. The van der Waals surface area contributed by atoms with E-state index in [0.29, 0.717) is 4.91 Å². The molecule has 1 aliphatic heterocycles. The van der Waals surface area contributed by atoms with E-state index in [1.165, 1.54) is 0 Å². The summed E-state index contributed by atoms with van der Waals surface area (Å²) in [6.45, 7) is 0. The fraction of sp³-hybridized carbons (Fsp3) is 0. The minimum atomic E-state index is -0.340. The highest BCUT2D eigenvalue weighted by Gasteiger charge is 2.24. The standard InChI is InChI=1S/C12H7NO3S/c14-11-10(17-12(15)13-11)6-7-1-2-9-8(5-7)3-4-16-9/h1-6H,(H,13,14,15)/b10-6-. The molecule has 1 saturated heterocycles. The molecule has 4 nitrogen and oxygen atoms in total. The van der Waals surface area contributed by atoms with Crippen molar-refractivity contribution in [3.8, 4) is 0 Å². The van der Waals surface area contributed by atoms with Gasteiger partial charge >= 0.3 is 0 Å². The number of nitrogens with one attached hydrogen (secondary N) is 1. The molecule has 1 aliphatic rings. The first-order valence-corrected chi connectivity index (χ1v) is 5.76. The predicted octanol–water partition coefficient (Wildman–Crippen LogP) is 2.76. The van der Waals surface area contributed by atoms with E-state index in [9.17, 15) is 9.59 Å². The first-order chi connectivity index (χ1) is 8.22. The molecule has 0 atom stereocenters. The van der Waals surface area contributed by atoms with E-state index in [-0.39, 0.29) is 11.1 Å². The normalized spacial score (nSPS) is 18.0. The Labute approximate surface area is 101 Å². The van der Waals surface area contributed by atoms with Crippen LogP contribution in [-0.4, -0.2) is 11.1 Å². The highest BCUT2D eigenvalue weighted by molar-refractivity contribution is 8.18. The summed E-state index contributed by atoms with van der Waals surface area (Å²) >= 11 is 0.914. The van der Waals surface area contributed by atoms with Crippen molar-refractivity contribution >= 4 is 40.0 Å². The largest absolute Gasteiger partial charge is 0.464 e. The number of benzene rings is 1. The Morgan fingerprint density at radius 2 is 2.12 bits per heavy atom. The molecule has 2 amide bonds. The molecule has 0 aliphatic carbocycles. The number of rotatable bonds is 1. The summed E-state index contributed by atoms with van der Waals surface area (Å²) in [5, 5.41) is 2.86. The Morgan fingerprint density at radius 1 is 1.24 bits per heavy atom. The van der Waals surface area contributed by atoms with Gasteiger partial charge in [-0.25, -0.2) is 0 Å². The zero-order valence-corrected chi connectivity index (χ0v) is 9.41. The molecule has 0 radical (unpaired) electrons. The average molecular weight is 245 g/mol. The summed E-state index contributed by atoms with van der Waals surface area (Å²) in [7, 11) is 0. The van der Waals surface area contributed by atoms with Crippen molar-refractivity contribution in [1.29, 1.82) is 0 Å². The minimum absolute atomic E-state index is 0.328. The molecule has 5 heteroatoms. The number of furan rings is 1. The van der Waals surface area contributed by atoms with Crippen LogP contribution >= 0.6 is 11.8 Å². The molecular weight excluding hydrogens is 238 g/mol. The van der Waals surface area contributed by atoms with Crippen molar-refractivity contribution in [2.75, 3.05) is 0 Å². The second-order valence-corrected chi connectivity index (χ2v) is 4.58. The molecule has 17 heavy (non-hydrogen) atoms. The van der Waals surface area contributed by atoms with Crippen LogP contribution in [0.25, 0.3) is 17.0 Å². The monoisotopic (exact) mass is 245 g/mol. The second-order valence-electron chi connectivity index (χ2n) is 3.57. The van der Waals surface area contributed by atoms with Crippen LogP contribution in [0.3, 0.4) is 0 Å². The van der Waals surface area contributed by atoms with Gasteiger partial charge in [-0.05, 0) is 41.6 Å². The van der Waals surface area contributed by atoms with Crippen LogP contribution in [0.2, 0.25) is 0 Å². The molecule has 1 aromatic carbocycles. The van der Waals surface area contributed by atoms with E-state index in [4.69, 9.17) is 4.42 Å². The van der Waals surface area contributed by atoms with Crippen molar-refractivity contribution in [2.45, 2.75) is 0 Å². The summed E-state index contributed by atoms with van der Waals surface area (Å²) in [6, 6.07) is 7.43. The van der Waals surface area contributed by atoms with Gasteiger partial charge in [0.25, 0.3) is 11.1 Å². The van der Waals surface area contributed by atoms with E-state index in [1.54, 1.807) is 12.3 Å².